The average molecular weight is 194 g/mol. The molecule has 46 valence electrons. The van der Waals surface area contributed by atoms with Crippen LogP contribution in [0.4, 0.5) is 0 Å². The van der Waals surface area contributed by atoms with Crippen molar-refractivity contribution in [3.63, 3.8) is 0 Å². The molecule has 5 heteroatoms. The molecule has 0 N–H and O–H groups in total. The summed E-state index contributed by atoms with van der Waals surface area (Å²) >= 11 is 0. The van der Waals surface area contributed by atoms with Crippen LogP contribution in [-0.4, -0.2) is 35.0 Å². The van der Waals surface area contributed by atoms with Gasteiger partial charge in [0.05, 0.1) is 0 Å². The summed E-state index contributed by atoms with van der Waals surface area (Å²) in [5.74, 6) is -1.12. The van der Waals surface area contributed by atoms with E-state index in [1.807, 2.05) is 0 Å². The first kappa shape index (κ1) is 16.3. The molecule has 0 aromatic carbocycles. The Bertz CT molecular complexity index is 99.5. The maximum Gasteiger partial charge on any atom is 2.00 e. The Hall–Kier alpha value is 0.530. The van der Waals surface area contributed by atoms with Gasteiger partial charge in [-0.2, -0.15) is 0 Å². The van der Waals surface area contributed by atoms with Gasteiger partial charge in [-0.3, -0.25) is 9.59 Å². The van der Waals surface area contributed by atoms with Gasteiger partial charge in [-0.1, -0.05) is 0 Å². The summed E-state index contributed by atoms with van der Waals surface area (Å²) in [5, 5.41) is 0. The molecule has 0 heterocycles. The van der Waals surface area contributed by atoms with Crippen LogP contribution in [0.25, 0.3) is 0 Å². The van der Waals surface area contributed by atoms with E-state index in [4.69, 9.17) is 0 Å². The summed E-state index contributed by atoms with van der Waals surface area (Å²) in [7, 11) is 0. The van der Waals surface area contributed by atoms with Crippen molar-refractivity contribution in [2.45, 2.75) is 13.8 Å². The molecule has 0 unspecified atom stereocenters. The molecular formula is C4H8MgO3Zn. The fourth-order valence-electron chi connectivity index (χ4n) is 0.202. The second-order valence-electron chi connectivity index (χ2n) is 1.09. The molecule has 0 atom stereocenters. The van der Waals surface area contributed by atoms with Gasteiger partial charge < -0.3 is 7.59 Å². The quantitative estimate of drug-likeness (QED) is 0.308. The first-order valence-electron chi connectivity index (χ1n) is 1.82. The Morgan fingerprint density at radius 2 is 1.44 bits per heavy atom. The van der Waals surface area contributed by atoms with Crippen LogP contribution in [0.15, 0.2) is 0 Å². The Labute approximate surface area is 85.4 Å². The third-order valence-electron chi connectivity index (χ3n) is 0.287. The summed E-state index contributed by atoms with van der Waals surface area (Å²) in [6.07, 6.45) is 0. The first-order chi connectivity index (χ1) is 3.13. The predicted octanol–water partition coefficient (Wildman–Crippen LogP) is -0.0623. The number of hydrogen-bond acceptors (Lipinski definition) is 3. The normalized spacial score (nSPS) is 6.00. The SMILES string of the molecule is CC(=O)OC(C)=O.[H-].[H-].[Mg+2].[Zn]. The van der Waals surface area contributed by atoms with Crippen LogP contribution in [0.1, 0.15) is 16.7 Å². The van der Waals surface area contributed by atoms with Gasteiger partial charge in [0, 0.05) is 33.3 Å². The molecule has 0 aliphatic heterocycles. The number of esters is 2. The van der Waals surface area contributed by atoms with Crippen molar-refractivity contribution in [1.82, 2.24) is 0 Å². The summed E-state index contributed by atoms with van der Waals surface area (Å²) in [4.78, 5) is 19.6. The van der Waals surface area contributed by atoms with Crippen molar-refractivity contribution in [2.75, 3.05) is 0 Å². The van der Waals surface area contributed by atoms with Crippen molar-refractivity contribution < 1.29 is 36.7 Å². The molecule has 9 heavy (non-hydrogen) atoms. The van der Waals surface area contributed by atoms with Crippen molar-refractivity contribution in [2.24, 2.45) is 0 Å². The molecule has 0 saturated heterocycles. The third kappa shape index (κ3) is 17.7. The van der Waals surface area contributed by atoms with Crippen molar-refractivity contribution in [1.29, 1.82) is 0 Å². The van der Waals surface area contributed by atoms with Crippen LogP contribution < -0.4 is 0 Å². The number of carbonyl (C=O) groups excluding carboxylic acids is 2. The van der Waals surface area contributed by atoms with Crippen LogP contribution >= 0.6 is 0 Å². The van der Waals surface area contributed by atoms with Crippen molar-refractivity contribution >= 4 is 35.0 Å². The van der Waals surface area contributed by atoms with E-state index in [0.717, 1.165) is 0 Å². The number of rotatable bonds is 0. The molecule has 0 amide bonds. The Balaban J connectivity index is -0.0000000300. The summed E-state index contributed by atoms with van der Waals surface area (Å²) in [6.45, 7) is 2.36. The summed E-state index contributed by atoms with van der Waals surface area (Å²) < 4.78 is 3.97. The standard InChI is InChI=1S/C4H6O3.Mg.Zn.2H/c1-3(5)7-4(2)6;;;;/h1-2H3;;;;/q;+2;;2*-1. The average Bonchev–Trinajstić information content (AvgIpc) is 1.27. The molecule has 0 aliphatic carbocycles. The van der Waals surface area contributed by atoms with E-state index in [1.165, 1.54) is 13.8 Å². The van der Waals surface area contributed by atoms with Gasteiger partial charge in [0.15, 0.2) is 0 Å². The van der Waals surface area contributed by atoms with E-state index in [0.29, 0.717) is 0 Å². The van der Waals surface area contributed by atoms with Gasteiger partial charge in [-0.05, 0) is 0 Å². The van der Waals surface area contributed by atoms with Crippen LogP contribution in [0, 0.1) is 0 Å². The second kappa shape index (κ2) is 8.53. The molecule has 0 aromatic heterocycles. The molecule has 0 bridgehead atoms. The fourth-order valence-corrected chi connectivity index (χ4v) is 0.202. The van der Waals surface area contributed by atoms with Crippen molar-refractivity contribution in [3.8, 4) is 0 Å². The molecular weight excluding hydrogens is 186 g/mol. The smallest absolute Gasteiger partial charge is 1.00 e. The molecule has 0 fully saturated rings. The van der Waals surface area contributed by atoms with Crippen LogP contribution in [0.2, 0.25) is 0 Å². The van der Waals surface area contributed by atoms with E-state index in [1.54, 1.807) is 0 Å². The van der Waals surface area contributed by atoms with Gasteiger partial charge >= 0.3 is 35.0 Å². The van der Waals surface area contributed by atoms with E-state index in [2.05, 4.69) is 4.74 Å². The molecule has 0 aromatic rings. The molecule has 0 aliphatic rings. The number of hydrogen-bond donors (Lipinski definition) is 0. The Kier molecular flexibility index (Phi) is 15.4. The van der Waals surface area contributed by atoms with Crippen LogP contribution in [0.3, 0.4) is 0 Å². The zero-order chi connectivity index (χ0) is 5.86. The Morgan fingerprint density at radius 3 is 1.44 bits per heavy atom. The maximum atomic E-state index is 9.81. The minimum absolute atomic E-state index is 0. The number of carbonyl (C=O) groups is 2. The first-order valence-corrected chi connectivity index (χ1v) is 1.82. The second-order valence-corrected chi connectivity index (χ2v) is 1.09. The van der Waals surface area contributed by atoms with E-state index >= 15 is 0 Å². The van der Waals surface area contributed by atoms with Crippen molar-refractivity contribution in [3.05, 3.63) is 0 Å². The Morgan fingerprint density at radius 1 is 1.22 bits per heavy atom. The predicted molar refractivity (Wildman–Crippen MR) is 30.4 cm³/mol. The van der Waals surface area contributed by atoms with E-state index in [9.17, 15) is 9.59 Å². The zero-order valence-electron chi connectivity index (χ0n) is 7.64. The largest absolute Gasteiger partial charge is 2.00 e. The van der Waals surface area contributed by atoms with E-state index in [-0.39, 0.29) is 45.4 Å². The van der Waals surface area contributed by atoms with Crippen LogP contribution in [0.5, 0.6) is 0 Å². The topological polar surface area (TPSA) is 43.4 Å². The van der Waals surface area contributed by atoms with Gasteiger partial charge in [-0.15, -0.1) is 0 Å². The molecule has 3 nitrogen and oxygen atoms in total. The summed E-state index contributed by atoms with van der Waals surface area (Å²) in [5.41, 5.74) is 0. The minimum atomic E-state index is -0.562. The van der Waals surface area contributed by atoms with Gasteiger partial charge in [0.1, 0.15) is 0 Å². The zero-order valence-corrected chi connectivity index (χ0v) is 10.0. The summed E-state index contributed by atoms with van der Waals surface area (Å²) in [6, 6.07) is 0. The maximum absolute atomic E-state index is 9.81. The fraction of sp³-hybridized carbons (Fsp3) is 0.500. The molecule has 0 rings (SSSR count). The third-order valence-corrected chi connectivity index (χ3v) is 0.287. The monoisotopic (exact) mass is 192 g/mol. The van der Waals surface area contributed by atoms with E-state index < -0.39 is 11.9 Å². The molecule has 0 spiro atoms. The van der Waals surface area contributed by atoms with Gasteiger partial charge in [0.25, 0.3) is 0 Å². The number of ether oxygens (including phenoxy) is 1. The van der Waals surface area contributed by atoms with Crippen LogP contribution in [-0.2, 0) is 33.8 Å². The molecule has 0 radical (unpaired) electrons. The molecule has 0 saturated carbocycles. The van der Waals surface area contributed by atoms with Gasteiger partial charge in [-0.25, -0.2) is 0 Å². The minimum Gasteiger partial charge on any atom is -1.00 e. The van der Waals surface area contributed by atoms with Gasteiger partial charge in [0.2, 0.25) is 0 Å².